The van der Waals surface area contributed by atoms with Crippen molar-refractivity contribution in [3.8, 4) is 0 Å². The van der Waals surface area contributed by atoms with E-state index in [0.29, 0.717) is 0 Å². The van der Waals surface area contributed by atoms with Crippen LogP contribution in [-0.2, 0) is 9.53 Å². The number of hydrogen-bond donors (Lipinski definition) is 1. The number of rotatable bonds is 5. The van der Waals surface area contributed by atoms with E-state index in [4.69, 9.17) is 9.84 Å². The lowest BCUT2D eigenvalue weighted by Gasteiger charge is -2.10. The predicted octanol–water partition coefficient (Wildman–Crippen LogP) is 0.734. The Morgan fingerprint density at radius 1 is 1.82 bits per heavy atom. The lowest BCUT2D eigenvalue weighted by Crippen LogP contribution is -2.15. The van der Waals surface area contributed by atoms with Crippen molar-refractivity contribution in [2.75, 3.05) is 13.2 Å². The van der Waals surface area contributed by atoms with Crippen molar-refractivity contribution in [2.24, 2.45) is 5.92 Å². The van der Waals surface area contributed by atoms with Crippen LogP contribution in [0.3, 0.4) is 0 Å². The van der Waals surface area contributed by atoms with Crippen LogP contribution in [0, 0.1) is 5.92 Å². The van der Waals surface area contributed by atoms with Gasteiger partial charge in [-0.25, -0.2) is 4.79 Å². The van der Waals surface area contributed by atoms with Gasteiger partial charge in [-0.1, -0.05) is 13.5 Å². The molecule has 64 valence electrons. The van der Waals surface area contributed by atoms with Gasteiger partial charge >= 0.3 is 5.97 Å². The van der Waals surface area contributed by atoms with Gasteiger partial charge in [0.25, 0.3) is 0 Å². The summed E-state index contributed by atoms with van der Waals surface area (Å²) >= 11 is 0. The van der Waals surface area contributed by atoms with Crippen LogP contribution < -0.4 is 0 Å². The van der Waals surface area contributed by atoms with E-state index >= 15 is 0 Å². The van der Waals surface area contributed by atoms with Crippen molar-refractivity contribution >= 4 is 5.97 Å². The van der Waals surface area contributed by atoms with Crippen molar-refractivity contribution in [1.29, 1.82) is 0 Å². The zero-order valence-corrected chi connectivity index (χ0v) is 6.75. The minimum atomic E-state index is -0.433. The average molecular weight is 158 g/mol. The number of hydrogen-bond acceptors (Lipinski definition) is 3. The molecular weight excluding hydrogens is 144 g/mol. The zero-order chi connectivity index (χ0) is 8.69. The summed E-state index contributed by atoms with van der Waals surface area (Å²) in [6.07, 6.45) is 1.92. The van der Waals surface area contributed by atoms with Crippen LogP contribution in [0.2, 0.25) is 0 Å². The molecule has 0 amide bonds. The minimum Gasteiger partial charge on any atom is -0.462 e. The second-order valence-electron chi connectivity index (χ2n) is 2.29. The van der Waals surface area contributed by atoms with Gasteiger partial charge < -0.3 is 9.84 Å². The molecule has 0 aliphatic heterocycles. The topological polar surface area (TPSA) is 46.5 Å². The van der Waals surface area contributed by atoms with Crippen LogP contribution in [0.25, 0.3) is 0 Å². The molecule has 0 aromatic heterocycles. The third-order valence-corrected chi connectivity index (χ3v) is 1.46. The first kappa shape index (κ1) is 10.2. The minimum absolute atomic E-state index is 0.0545. The van der Waals surface area contributed by atoms with Gasteiger partial charge in [0, 0.05) is 18.6 Å². The number of carbonyl (C=O) groups is 1. The highest BCUT2D eigenvalue weighted by Crippen LogP contribution is 2.01. The smallest absolute Gasteiger partial charge is 0.330 e. The Labute approximate surface area is 66.7 Å². The van der Waals surface area contributed by atoms with Crippen LogP contribution >= 0.6 is 0 Å². The van der Waals surface area contributed by atoms with E-state index in [0.717, 1.165) is 12.5 Å². The summed E-state index contributed by atoms with van der Waals surface area (Å²) in [6, 6.07) is 0. The fourth-order valence-electron chi connectivity index (χ4n) is 0.559. The molecule has 0 spiro atoms. The Bertz CT molecular complexity index is 127. The SMILES string of the molecule is C=CC(=O)OCC(CC)CO. The normalized spacial score (nSPS) is 12.2. The molecule has 0 bridgehead atoms. The van der Waals surface area contributed by atoms with Gasteiger partial charge in [-0.3, -0.25) is 0 Å². The van der Waals surface area contributed by atoms with Crippen molar-refractivity contribution in [2.45, 2.75) is 13.3 Å². The van der Waals surface area contributed by atoms with E-state index in [2.05, 4.69) is 6.58 Å². The standard InChI is InChI=1S/C8H14O3/c1-3-7(5-9)6-11-8(10)4-2/h4,7,9H,2-3,5-6H2,1H3. The van der Waals surface area contributed by atoms with E-state index in [1.807, 2.05) is 6.92 Å². The first-order valence-electron chi connectivity index (χ1n) is 3.64. The maximum Gasteiger partial charge on any atom is 0.330 e. The maximum absolute atomic E-state index is 10.5. The number of aliphatic hydroxyl groups excluding tert-OH is 1. The first-order chi connectivity index (χ1) is 5.24. The molecular formula is C8H14O3. The number of carbonyl (C=O) groups excluding carboxylic acids is 1. The van der Waals surface area contributed by atoms with Gasteiger partial charge in [0.2, 0.25) is 0 Å². The van der Waals surface area contributed by atoms with E-state index < -0.39 is 5.97 Å². The Morgan fingerprint density at radius 2 is 2.45 bits per heavy atom. The number of esters is 1. The second kappa shape index (κ2) is 5.92. The third kappa shape index (κ3) is 4.56. The Kier molecular flexibility index (Phi) is 5.47. The lowest BCUT2D eigenvalue weighted by molar-refractivity contribution is -0.139. The van der Waals surface area contributed by atoms with Crippen molar-refractivity contribution in [1.82, 2.24) is 0 Å². The van der Waals surface area contributed by atoms with Crippen LogP contribution in [-0.4, -0.2) is 24.3 Å². The van der Waals surface area contributed by atoms with E-state index in [1.54, 1.807) is 0 Å². The highest BCUT2D eigenvalue weighted by molar-refractivity contribution is 5.81. The Morgan fingerprint density at radius 3 is 2.82 bits per heavy atom. The molecule has 0 rings (SSSR count). The monoisotopic (exact) mass is 158 g/mol. The molecule has 1 N–H and O–H groups in total. The molecule has 0 heterocycles. The van der Waals surface area contributed by atoms with Gasteiger partial charge in [-0.15, -0.1) is 0 Å². The van der Waals surface area contributed by atoms with E-state index in [9.17, 15) is 4.79 Å². The quantitative estimate of drug-likeness (QED) is 0.474. The number of ether oxygens (including phenoxy) is 1. The molecule has 0 aromatic rings. The molecule has 3 nitrogen and oxygen atoms in total. The van der Waals surface area contributed by atoms with Gasteiger partial charge in [0.1, 0.15) is 0 Å². The fourth-order valence-corrected chi connectivity index (χ4v) is 0.559. The molecule has 3 heteroatoms. The van der Waals surface area contributed by atoms with Crippen LogP contribution in [0.4, 0.5) is 0 Å². The van der Waals surface area contributed by atoms with Crippen LogP contribution in [0.1, 0.15) is 13.3 Å². The molecule has 0 aliphatic carbocycles. The molecule has 11 heavy (non-hydrogen) atoms. The summed E-state index contributed by atoms with van der Waals surface area (Å²) in [7, 11) is 0. The summed E-state index contributed by atoms with van der Waals surface area (Å²) in [5, 5.41) is 8.69. The molecule has 0 aromatic carbocycles. The van der Waals surface area contributed by atoms with E-state index in [1.165, 1.54) is 0 Å². The molecule has 0 saturated carbocycles. The van der Waals surface area contributed by atoms with Gasteiger partial charge in [-0.05, 0) is 6.42 Å². The van der Waals surface area contributed by atoms with Crippen molar-refractivity contribution in [3.05, 3.63) is 12.7 Å². The Hall–Kier alpha value is -0.830. The predicted molar refractivity (Wildman–Crippen MR) is 42.0 cm³/mol. The summed E-state index contributed by atoms with van der Waals surface area (Å²) in [4.78, 5) is 10.5. The highest BCUT2D eigenvalue weighted by atomic mass is 16.5. The summed E-state index contributed by atoms with van der Waals surface area (Å²) in [5.41, 5.74) is 0. The second-order valence-corrected chi connectivity index (χ2v) is 2.29. The van der Waals surface area contributed by atoms with Crippen LogP contribution in [0.15, 0.2) is 12.7 Å². The first-order valence-corrected chi connectivity index (χ1v) is 3.64. The molecule has 0 aliphatic rings. The van der Waals surface area contributed by atoms with Crippen LogP contribution in [0.5, 0.6) is 0 Å². The Balaban J connectivity index is 3.49. The lowest BCUT2D eigenvalue weighted by atomic mass is 10.1. The highest BCUT2D eigenvalue weighted by Gasteiger charge is 2.06. The fraction of sp³-hybridized carbons (Fsp3) is 0.625. The van der Waals surface area contributed by atoms with Crippen molar-refractivity contribution < 1.29 is 14.6 Å². The molecule has 0 saturated heterocycles. The molecule has 0 radical (unpaired) electrons. The van der Waals surface area contributed by atoms with E-state index in [-0.39, 0.29) is 19.1 Å². The average Bonchev–Trinajstić information content (AvgIpc) is 2.06. The largest absolute Gasteiger partial charge is 0.462 e. The maximum atomic E-state index is 10.5. The van der Waals surface area contributed by atoms with Gasteiger partial charge in [-0.2, -0.15) is 0 Å². The van der Waals surface area contributed by atoms with Crippen molar-refractivity contribution in [3.63, 3.8) is 0 Å². The molecule has 1 atom stereocenters. The van der Waals surface area contributed by atoms with Gasteiger partial charge in [0.05, 0.1) is 6.61 Å². The zero-order valence-electron chi connectivity index (χ0n) is 6.75. The summed E-state index contributed by atoms with van der Waals surface area (Å²) in [5.74, 6) is -0.379. The van der Waals surface area contributed by atoms with Gasteiger partial charge in [0.15, 0.2) is 0 Å². The summed E-state index contributed by atoms with van der Waals surface area (Å²) in [6.45, 7) is 5.52. The number of aliphatic hydroxyl groups is 1. The molecule has 0 fully saturated rings. The summed E-state index contributed by atoms with van der Waals surface area (Å²) < 4.78 is 4.72. The third-order valence-electron chi connectivity index (χ3n) is 1.46. The molecule has 1 unspecified atom stereocenters.